The van der Waals surface area contributed by atoms with E-state index in [1.54, 1.807) is 0 Å². The first-order valence-corrected chi connectivity index (χ1v) is 18.3. The molecule has 270 valence electrons. The smallest absolute Gasteiger partial charge is 0.248 e. The van der Waals surface area contributed by atoms with Gasteiger partial charge in [-0.25, -0.2) is 0 Å². The van der Waals surface area contributed by atoms with Crippen LogP contribution in [0.25, 0.3) is 102 Å². The van der Waals surface area contributed by atoms with E-state index in [9.17, 15) is 0 Å². The number of nitrogens with zero attached hydrogens (tertiary/aromatic N) is 6. The second-order valence-corrected chi connectivity index (χ2v) is 13.4. The number of hydrogen-bond acceptors (Lipinski definition) is 9. The predicted molar refractivity (Wildman–Crippen MR) is 219 cm³/mol. The molecule has 0 unspecified atom stereocenters. The summed E-state index contributed by atoms with van der Waals surface area (Å²) < 4.78 is 18.8. The van der Waals surface area contributed by atoms with Gasteiger partial charge in [-0.1, -0.05) is 127 Å². The molecule has 0 fully saturated rings. The first-order chi connectivity index (χ1) is 28.2. The van der Waals surface area contributed by atoms with Crippen molar-refractivity contribution in [2.75, 3.05) is 0 Å². The normalized spacial score (nSPS) is 11.2. The van der Waals surface area contributed by atoms with E-state index in [1.807, 2.05) is 146 Å². The lowest BCUT2D eigenvalue weighted by molar-refractivity contribution is 0.580. The van der Waals surface area contributed by atoms with Crippen LogP contribution in [0.2, 0.25) is 0 Å². The van der Waals surface area contributed by atoms with E-state index >= 15 is 0 Å². The summed E-state index contributed by atoms with van der Waals surface area (Å²) in [5.74, 6) is 2.05. The van der Waals surface area contributed by atoms with E-state index in [0.717, 1.165) is 50.1 Å². The molecule has 0 radical (unpaired) electrons. The monoisotopic (exact) mass is 738 g/mol. The maximum atomic E-state index is 6.27. The van der Waals surface area contributed by atoms with Crippen LogP contribution >= 0.6 is 0 Å². The minimum Gasteiger partial charge on any atom is -0.416 e. The minimum absolute atomic E-state index is 0.299. The van der Waals surface area contributed by atoms with Crippen LogP contribution in [-0.4, -0.2) is 30.6 Å². The molecule has 7 aromatic carbocycles. The zero-order chi connectivity index (χ0) is 38.0. The number of aromatic nitrogens is 6. The highest BCUT2D eigenvalue weighted by Gasteiger charge is 2.20. The number of benzene rings is 7. The van der Waals surface area contributed by atoms with Gasteiger partial charge in [-0.15, -0.1) is 30.6 Å². The molecule has 0 aliphatic heterocycles. The Labute approximate surface area is 327 Å². The Hall–Kier alpha value is -8.04. The van der Waals surface area contributed by atoms with Gasteiger partial charge in [0.2, 0.25) is 35.3 Å². The van der Waals surface area contributed by atoms with Crippen molar-refractivity contribution >= 4 is 0 Å². The highest BCUT2D eigenvalue weighted by atomic mass is 16.4. The quantitative estimate of drug-likeness (QED) is 0.143. The molecule has 0 aliphatic carbocycles. The van der Waals surface area contributed by atoms with Gasteiger partial charge in [0.15, 0.2) is 0 Å². The summed E-state index contributed by atoms with van der Waals surface area (Å²) in [7, 11) is 0. The van der Waals surface area contributed by atoms with Gasteiger partial charge in [0.1, 0.15) is 0 Å². The van der Waals surface area contributed by atoms with Gasteiger partial charge in [-0.3, -0.25) is 0 Å². The zero-order valence-corrected chi connectivity index (χ0v) is 30.2. The molecule has 9 nitrogen and oxygen atoms in total. The van der Waals surface area contributed by atoms with E-state index < -0.39 is 0 Å². The molecule has 0 N–H and O–H groups in total. The molecule has 0 aliphatic rings. The molecule has 3 heterocycles. The number of rotatable bonds is 9. The molecule has 0 atom stereocenters. The molecular formula is C48H30N6O3. The summed E-state index contributed by atoms with van der Waals surface area (Å²) >= 11 is 0. The molecule has 10 aromatic rings. The van der Waals surface area contributed by atoms with Gasteiger partial charge in [0.25, 0.3) is 0 Å². The van der Waals surface area contributed by atoms with E-state index in [-0.39, 0.29) is 0 Å². The standard InChI is InChI=1S/C48H30N6O3/c1-4-10-31(11-5-1)34-16-22-37(23-17-34)43-49-52-46(55-43)40-28-41(47-53-50-44(56-47)38-24-18-35(19-25-38)32-12-6-2-7-13-32)30-42(29-40)48-54-51-45(57-48)39-26-20-36(21-27-39)33-14-8-3-9-15-33/h1-30H. The Morgan fingerprint density at radius 1 is 0.193 bits per heavy atom. The summed E-state index contributed by atoms with van der Waals surface area (Å²) in [5.41, 5.74) is 10.9. The van der Waals surface area contributed by atoms with Gasteiger partial charge in [-0.2, -0.15) is 0 Å². The van der Waals surface area contributed by atoms with Crippen molar-refractivity contribution in [3.63, 3.8) is 0 Å². The van der Waals surface area contributed by atoms with Crippen molar-refractivity contribution in [1.29, 1.82) is 0 Å². The van der Waals surface area contributed by atoms with Crippen LogP contribution in [0.3, 0.4) is 0 Å². The SMILES string of the molecule is c1ccc(-c2ccc(-c3nnc(-c4cc(-c5nnc(-c6ccc(-c7ccccc7)cc6)o5)cc(-c5nnc(-c6ccc(-c7ccccc7)cc6)o5)c4)o3)cc2)cc1. The maximum absolute atomic E-state index is 6.27. The first kappa shape index (κ1) is 33.5. The van der Waals surface area contributed by atoms with E-state index in [4.69, 9.17) is 13.3 Å². The van der Waals surface area contributed by atoms with Crippen LogP contribution < -0.4 is 0 Å². The lowest BCUT2D eigenvalue weighted by Gasteiger charge is -2.04. The van der Waals surface area contributed by atoms with E-state index in [1.165, 1.54) is 0 Å². The fourth-order valence-electron chi connectivity index (χ4n) is 6.68. The van der Waals surface area contributed by atoms with Crippen molar-refractivity contribution in [2.45, 2.75) is 0 Å². The lowest BCUT2D eigenvalue weighted by atomic mass is 10.0. The largest absolute Gasteiger partial charge is 0.416 e. The molecule has 9 heteroatoms. The van der Waals surface area contributed by atoms with Gasteiger partial charge in [-0.05, 0) is 88.0 Å². The summed E-state index contributed by atoms with van der Waals surface area (Å²) in [5, 5.41) is 26.5. The van der Waals surface area contributed by atoms with E-state index in [0.29, 0.717) is 52.0 Å². The van der Waals surface area contributed by atoms with Gasteiger partial charge >= 0.3 is 0 Å². The summed E-state index contributed by atoms with van der Waals surface area (Å²) in [6.07, 6.45) is 0. The Kier molecular flexibility index (Phi) is 8.62. The third-order valence-electron chi connectivity index (χ3n) is 9.67. The average Bonchev–Trinajstić information content (AvgIpc) is 4.10. The third-order valence-corrected chi connectivity index (χ3v) is 9.67. The average molecular weight is 739 g/mol. The Bertz CT molecular complexity index is 2590. The van der Waals surface area contributed by atoms with Crippen molar-refractivity contribution in [2.24, 2.45) is 0 Å². The summed E-state index contributed by atoms with van der Waals surface area (Å²) in [4.78, 5) is 0. The molecule has 0 saturated carbocycles. The first-order valence-electron chi connectivity index (χ1n) is 18.3. The van der Waals surface area contributed by atoms with Gasteiger partial charge in [0.05, 0.1) is 0 Å². The molecule has 0 spiro atoms. The fourth-order valence-corrected chi connectivity index (χ4v) is 6.68. The highest BCUT2D eigenvalue weighted by Crippen LogP contribution is 2.36. The third kappa shape index (κ3) is 6.92. The van der Waals surface area contributed by atoms with E-state index in [2.05, 4.69) is 67.0 Å². The topological polar surface area (TPSA) is 117 Å². The number of hydrogen-bond donors (Lipinski definition) is 0. The maximum Gasteiger partial charge on any atom is 0.248 e. The molecule has 3 aromatic heterocycles. The highest BCUT2D eigenvalue weighted by molar-refractivity contribution is 5.76. The lowest BCUT2D eigenvalue weighted by Crippen LogP contribution is -1.87. The molecular weight excluding hydrogens is 709 g/mol. The Balaban J connectivity index is 0.989. The zero-order valence-electron chi connectivity index (χ0n) is 30.2. The van der Waals surface area contributed by atoms with Crippen LogP contribution in [0.5, 0.6) is 0 Å². The minimum atomic E-state index is 0.299. The fraction of sp³-hybridized carbons (Fsp3) is 0. The van der Waals surface area contributed by atoms with Crippen molar-refractivity contribution < 1.29 is 13.3 Å². The van der Waals surface area contributed by atoms with Crippen molar-refractivity contribution in [3.8, 4) is 102 Å². The van der Waals surface area contributed by atoms with Crippen LogP contribution in [0, 0.1) is 0 Å². The van der Waals surface area contributed by atoms with Crippen LogP contribution in [0.15, 0.2) is 195 Å². The Morgan fingerprint density at radius 3 is 0.632 bits per heavy atom. The van der Waals surface area contributed by atoms with Crippen molar-refractivity contribution in [3.05, 3.63) is 182 Å². The second kappa shape index (κ2) is 14.7. The molecule has 10 rings (SSSR count). The molecule has 0 amide bonds. The van der Waals surface area contributed by atoms with Crippen LogP contribution in [0.1, 0.15) is 0 Å². The predicted octanol–water partition coefficient (Wildman–Crippen LogP) is 11.8. The van der Waals surface area contributed by atoms with Gasteiger partial charge < -0.3 is 13.3 Å². The summed E-state index contributed by atoms with van der Waals surface area (Å²) in [6.45, 7) is 0. The molecule has 57 heavy (non-hydrogen) atoms. The second-order valence-electron chi connectivity index (χ2n) is 13.4. The van der Waals surface area contributed by atoms with Crippen LogP contribution in [0.4, 0.5) is 0 Å². The Morgan fingerprint density at radius 2 is 0.386 bits per heavy atom. The van der Waals surface area contributed by atoms with Crippen LogP contribution in [-0.2, 0) is 0 Å². The van der Waals surface area contributed by atoms with Crippen molar-refractivity contribution in [1.82, 2.24) is 30.6 Å². The molecule has 0 bridgehead atoms. The molecule has 0 saturated heterocycles. The van der Waals surface area contributed by atoms with Gasteiger partial charge in [0, 0.05) is 33.4 Å². The summed E-state index contributed by atoms with van der Waals surface area (Å²) in [6, 6.07) is 60.3.